The van der Waals surface area contributed by atoms with Gasteiger partial charge in [-0.3, -0.25) is 15.2 Å². The average molecular weight is 270 g/mol. The third kappa shape index (κ3) is 2.06. The van der Waals surface area contributed by atoms with Gasteiger partial charge in [-0.25, -0.2) is 0 Å². The Bertz CT molecular complexity index is 829. The molecule has 3 rings (SSSR count). The summed E-state index contributed by atoms with van der Waals surface area (Å²) in [5.74, 6) is 0.753. The quantitative estimate of drug-likeness (QED) is 0.664. The fourth-order valence-electron chi connectivity index (χ4n) is 2.21. The molecule has 1 aromatic carbocycles. The molecule has 0 atom stereocenters. The molecule has 0 unspecified atom stereocenters. The second kappa shape index (κ2) is 4.28. The van der Waals surface area contributed by atoms with Crippen LogP contribution in [0.2, 0.25) is 0 Å². The highest BCUT2D eigenvalue weighted by Crippen LogP contribution is 2.28. The minimum atomic E-state index is 0.460. The summed E-state index contributed by atoms with van der Waals surface area (Å²) in [4.78, 5) is 8.89. The summed E-state index contributed by atoms with van der Waals surface area (Å²) in [6.07, 6.45) is 0. The Morgan fingerprint density at radius 1 is 0.947 bits per heavy atom. The highest BCUT2D eigenvalue weighted by Gasteiger charge is 2.10. The summed E-state index contributed by atoms with van der Waals surface area (Å²) in [5, 5.41) is 6.93. The number of rotatable bonds is 1. The van der Waals surface area contributed by atoms with Gasteiger partial charge >= 0.3 is 0 Å². The molecule has 0 bridgehead atoms. The number of aryl methyl sites for hydroxylation is 3. The molecule has 0 aliphatic carbocycles. The number of hydrogen-bond donors (Lipinski definition) is 2. The molecule has 2 heterocycles. The van der Waals surface area contributed by atoms with E-state index in [2.05, 4.69) is 46.1 Å². The van der Waals surface area contributed by atoms with Crippen molar-refractivity contribution in [2.24, 2.45) is 0 Å². The van der Waals surface area contributed by atoms with Crippen molar-refractivity contribution in [3.05, 3.63) is 39.8 Å². The first-order valence-electron chi connectivity index (χ1n) is 6.08. The van der Waals surface area contributed by atoms with Crippen LogP contribution in [0.3, 0.4) is 0 Å². The molecular weight excluding hydrogens is 256 g/mol. The van der Waals surface area contributed by atoms with Crippen molar-refractivity contribution >= 4 is 23.1 Å². The Hall–Kier alpha value is -2.01. The molecule has 5 heteroatoms. The van der Waals surface area contributed by atoms with Gasteiger partial charge in [-0.15, -0.1) is 0 Å². The molecule has 0 saturated carbocycles. The molecule has 0 radical (unpaired) electrons. The Morgan fingerprint density at radius 2 is 1.68 bits per heavy atom. The van der Waals surface area contributed by atoms with Crippen LogP contribution in [0.4, 0.5) is 0 Å². The van der Waals surface area contributed by atoms with E-state index in [-0.39, 0.29) is 0 Å². The molecule has 0 amide bonds. The second-order valence-electron chi connectivity index (χ2n) is 4.78. The number of hydrogen-bond acceptors (Lipinski definition) is 3. The molecule has 3 aromatic rings. The van der Waals surface area contributed by atoms with Gasteiger partial charge in [-0.2, -0.15) is 4.98 Å². The van der Waals surface area contributed by atoms with Crippen LogP contribution >= 0.6 is 12.2 Å². The summed E-state index contributed by atoms with van der Waals surface area (Å²) in [6, 6.07) is 6.29. The predicted molar refractivity (Wildman–Crippen MR) is 78.7 cm³/mol. The number of pyridine rings is 1. The smallest absolute Gasteiger partial charge is 0.213 e. The minimum Gasteiger partial charge on any atom is -0.282 e. The van der Waals surface area contributed by atoms with Crippen LogP contribution in [-0.4, -0.2) is 20.2 Å². The van der Waals surface area contributed by atoms with E-state index in [9.17, 15) is 0 Å². The normalized spacial score (nSPS) is 11.1. The second-order valence-corrected chi connectivity index (χ2v) is 5.17. The molecular formula is C14H14N4S. The first-order chi connectivity index (χ1) is 9.04. The van der Waals surface area contributed by atoms with Crippen molar-refractivity contribution < 1.29 is 0 Å². The molecule has 0 fully saturated rings. The zero-order valence-corrected chi connectivity index (χ0v) is 11.9. The van der Waals surface area contributed by atoms with Crippen LogP contribution in [0, 0.1) is 25.5 Å². The average Bonchev–Trinajstić information content (AvgIpc) is 2.77. The number of aromatic amines is 2. The number of H-pyrrole nitrogens is 2. The van der Waals surface area contributed by atoms with Crippen LogP contribution in [0.5, 0.6) is 0 Å². The maximum atomic E-state index is 5.02. The Kier molecular flexibility index (Phi) is 2.71. The Balaban J connectivity index is 2.40. The highest BCUT2D eigenvalue weighted by molar-refractivity contribution is 7.71. The zero-order chi connectivity index (χ0) is 13.6. The van der Waals surface area contributed by atoms with E-state index in [0.29, 0.717) is 4.77 Å². The zero-order valence-electron chi connectivity index (χ0n) is 11.0. The van der Waals surface area contributed by atoms with Crippen molar-refractivity contribution in [3.8, 4) is 11.4 Å². The maximum Gasteiger partial charge on any atom is 0.213 e. The minimum absolute atomic E-state index is 0.460. The predicted octanol–water partition coefficient (Wildman–Crippen LogP) is 3.61. The Labute approximate surface area is 115 Å². The number of nitrogens with zero attached hydrogens (tertiary/aromatic N) is 2. The number of fused-ring (bicyclic) bond motifs is 1. The van der Waals surface area contributed by atoms with Crippen molar-refractivity contribution in [1.82, 2.24) is 20.2 Å². The van der Waals surface area contributed by atoms with Gasteiger partial charge in [-0.05, 0) is 62.3 Å². The van der Waals surface area contributed by atoms with Gasteiger partial charge in [-0.1, -0.05) is 0 Å². The van der Waals surface area contributed by atoms with Gasteiger partial charge in [0.25, 0.3) is 0 Å². The summed E-state index contributed by atoms with van der Waals surface area (Å²) in [5.41, 5.74) is 5.46. The lowest BCUT2D eigenvalue weighted by molar-refractivity contribution is 1.08. The lowest BCUT2D eigenvalue weighted by Crippen LogP contribution is -1.92. The van der Waals surface area contributed by atoms with Crippen LogP contribution in [0.25, 0.3) is 22.3 Å². The van der Waals surface area contributed by atoms with E-state index in [1.54, 1.807) is 0 Å². The van der Waals surface area contributed by atoms with Gasteiger partial charge in [0.15, 0.2) is 5.82 Å². The van der Waals surface area contributed by atoms with E-state index in [1.165, 1.54) is 11.1 Å². The summed E-state index contributed by atoms with van der Waals surface area (Å²) < 4.78 is 0.460. The van der Waals surface area contributed by atoms with E-state index >= 15 is 0 Å². The molecule has 2 N–H and O–H groups in total. The SMILES string of the molecule is Cc1cc(-c2nc(=S)[nH][nH]2)c2cc(C)c(C)cc2n1. The van der Waals surface area contributed by atoms with Crippen LogP contribution in [0.15, 0.2) is 18.2 Å². The summed E-state index contributed by atoms with van der Waals surface area (Å²) in [6.45, 7) is 6.19. The fourth-order valence-corrected chi connectivity index (χ4v) is 2.35. The van der Waals surface area contributed by atoms with Gasteiger partial charge < -0.3 is 0 Å². The Morgan fingerprint density at radius 3 is 2.37 bits per heavy atom. The van der Waals surface area contributed by atoms with Gasteiger partial charge in [0.05, 0.1) is 5.52 Å². The van der Waals surface area contributed by atoms with Gasteiger partial charge in [0.2, 0.25) is 4.77 Å². The topological polar surface area (TPSA) is 57.4 Å². The number of nitrogens with one attached hydrogen (secondary N) is 2. The summed E-state index contributed by atoms with van der Waals surface area (Å²) in [7, 11) is 0. The van der Waals surface area contributed by atoms with Crippen molar-refractivity contribution in [2.75, 3.05) is 0 Å². The largest absolute Gasteiger partial charge is 0.282 e. The monoisotopic (exact) mass is 270 g/mol. The van der Waals surface area contributed by atoms with Crippen molar-refractivity contribution in [1.29, 1.82) is 0 Å². The molecule has 4 nitrogen and oxygen atoms in total. The van der Waals surface area contributed by atoms with Gasteiger partial charge in [0.1, 0.15) is 0 Å². The van der Waals surface area contributed by atoms with Gasteiger partial charge in [0, 0.05) is 16.6 Å². The number of benzene rings is 1. The number of aromatic nitrogens is 4. The van der Waals surface area contributed by atoms with E-state index in [0.717, 1.165) is 28.0 Å². The fraction of sp³-hybridized carbons (Fsp3) is 0.214. The molecule has 2 aromatic heterocycles. The standard InChI is InChI=1S/C14H14N4S/c1-7-4-10-11(13-16-14(19)18-17-13)6-9(3)15-12(10)5-8(7)2/h4-6H,1-3H3,(H2,16,17,18,19). The molecule has 0 spiro atoms. The van der Waals surface area contributed by atoms with E-state index in [4.69, 9.17) is 12.2 Å². The van der Waals surface area contributed by atoms with Crippen LogP contribution < -0.4 is 0 Å². The molecule has 0 aliphatic rings. The van der Waals surface area contributed by atoms with E-state index in [1.807, 2.05) is 13.0 Å². The molecule has 0 saturated heterocycles. The van der Waals surface area contributed by atoms with E-state index < -0.39 is 0 Å². The third-order valence-electron chi connectivity index (χ3n) is 3.31. The molecule has 0 aliphatic heterocycles. The lowest BCUT2D eigenvalue weighted by atomic mass is 10.0. The molecule has 96 valence electrons. The first-order valence-corrected chi connectivity index (χ1v) is 6.49. The highest BCUT2D eigenvalue weighted by atomic mass is 32.1. The van der Waals surface area contributed by atoms with Crippen molar-refractivity contribution in [3.63, 3.8) is 0 Å². The lowest BCUT2D eigenvalue weighted by Gasteiger charge is -2.08. The summed E-state index contributed by atoms with van der Waals surface area (Å²) >= 11 is 5.02. The van der Waals surface area contributed by atoms with Crippen molar-refractivity contribution in [2.45, 2.75) is 20.8 Å². The first kappa shape index (κ1) is 12.0. The van der Waals surface area contributed by atoms with Crippen LogP contribution in [0.1, 0.15) is 16.8 Å². The maximum absolute atomic E-state index is 5.02. The molecule has 19 heavy (non-hydrogen) atoms. The van der Waals surface area contributed by atoms with Crippen LogP contribution in [-0.2, 0) is 0 Å². The third-order valence-corrected chi connectivity index (χ3v) is 3.50.